The molecule has 0 fully saturated rings. The number of nitrogens with zero attached hydrogens (tertiary/aromatic N) is 2. The molecular formula is C15H17N3O3. The van der Waals surface area contributed by atoms with E-state index in [9.17, 15) is 0 Å². The highest BCUT2D eigenvalue weighted by Gasteiger charge is 2.18. The van der Waals surface area contributed by atoms with E-state index in [1.807, 2.05) is 38.1 Å². The molecule has 1 aromatic carbocycles. The van der Waals surface area contributed by atoms with Crippen LogP contribution in [0.15, 0.2) is 39.5 Å². The van der Waals surface area contributed by atoms with Gasteiger partial charge in [-0.3, -0.25) is 0 Å². The largest absolute Gasteiger partial charge is 0.463 e. The first-order chi connectivity index (χ1) is 10.1. The molecule has 2 heterocycles. The molecule has 3 aromatic rings. The van der Waals surface area contributed by atoms with Gasteiger partial charge in [0.2, 0.25) is 0 Å². The van der Waals surface area contributed by atoms with Crippen molar-refractivity contribution in [1.29, 1.82) is 0 Å². The molecule has 6 heteroatoms. The number of aromatic nitrogens is 2. The number of nitrogens with two attached hydrogens (primary N) is 1. The van der Waals surface area contributed by atoms with Crippen LogP contribution in [0.25, 0.3) is 22.4 Å². The van der Waals surface area contributed by atoms with Crippen molar-refractivity contribution in [3.63, 3.8) is 0 Å². The molecule has 1 unspecified atom stereocenters. The molecule has 0 saturated carbocycles. The van der Waals surface area contributed by atoms with Crippen LogP contribution in [0.2, 0.25) is 0 Å². The summed E-state index contributed by atoms with van der Waals surface area (Å²) in [5.74, 6) is 0.825. The van der Waals surface area contributed by atoms with E-state index in [4.69, 9.17) is 19.4 Å². The van der Waals surface area contributed by atoms with Gasteiger partial charge in [-0.05, 0) is 19.9 Å². The van der Waals surface area contributed by atoms with E-state index in [0.717, 1.165) is 16.5 Å². The number of rotatable bonds is 5. The average Bonchev–Trinajstić information content (AvgIpc) is 3.10. The molecule has 0 aliphatic heterocycles. The summed E-state index contributed by atoms with van der Waals surface area (Å²) in [5, 5.41) is 4.85. The maximum atomic E-state index is 5.99. The van der Waals surface area contributed by atoms with Crippen molar-refractivity contribution in [3.8, 4) is 11.5 Å². The molecule has 0 aliphatic carbocycles. The minimum atomic E-state index is -0.414. The zero-order valence-electron chi connectivity index (χ0n) is 11.9. The van der Waals surface area contributed by atoms with Crippen LogP contribution in [0.1, 0.15) is 25.7 Å². The molecule has 0 radical (unpaired) electrons. The van der Waals surface area contributed by atoms with E-state index in [-0.39, 0.29) is 6.10 Å². The second-order valence-electron chi connectivity index (χ2n) is 5.09. The lowest BCUT2D eigenvalue weighted by Gasteiger charge is -2.10. The first-order valence-electron chi connectivity index (χ1n) is 6.82. The molecule has 3 rings (SSSR count). The Hall–Kier alpha value is -2.18. The number of benzene rings is 1. The summed E-state index contributed by atoms with van der Waals surface area (Å²) in [4.78, 5) is 4.34. The third kappa shape index (κ3) is 2.81. The lowest BCUT2D eigenvalue weighted by Crippen LogP contribution is -2.20. The van der Waals surface area contributed by atoms with Gasteiger partial charge in [0.1, 0.15) is 11.8 Å². The van der Waals surface area contributed by atoms with Gasteiger partial charge in [-0.2, -0.15) is 4.98 Å². The SMILES string of the molecule is CC(C)OCC(N)c1noc(-c2coc3ccccc23)n1. The van der Waals surface area contributed by atoms with Crippen LogP contribution < -0.4 is 5.73 Å². The molecule has 0 amide bonds. The summed E-state index contributed by atoms with van der Waals surface area (Å²) in [5.41, 5.74) is 7.53. The Balaban J connectivity index is 1.84. The number of hydrogen-bond donors (Lipinski definition) is 1. The molecule has 2 N–H and O–H groups in total. The Morgan fingerprint density at radius 3 is 2.90 bits per heavy atom. The summed E-state index contributed by atoms with van der Waals surface area (Å²) in [6.45, 7) is 4.25. The predicted octanol–water partition coefficient (Wildman–Crippen LogP) is 2.91. The van der Waals surface area contributed by atoms with Gasteiger partial charge in [0.05, 0.1) is 24.3 Å². The smallest absolute Gasteiger partial charge is 0.261 e. The van der Waals surface area contributed by atoms with Crippen molar-refractivity contribution in [2.45, 2.75) is 26.0 Å². The Bertz CT molecular complexity index is 732. The van der Waals surface area contributed by atoms with Crippen LogP contribution in [-0.4, -0.2) is 22.9 Å². The van der Waals surface area contributed by atoms with Crippen LogP contribution in [0, 0.1) is 0 Å². The minimum absolute atomic E-state index is 0.111. The van der Waals surface area contributed by atoms with Gasteiger partial charge in [-0.25, -0.2) is 0 Å². The van der Waals surface area contributed by atoms with Gasteiger partial charge in [0, 0.05) is 5.39 Å². The van der Waals surface area contributed by atoms with Gasteiger partial charge in [-0.1, -0.05) is 23.4 Å². The average molecular weight is 287 g/mol. The standard InChI is InChI=1S/C15H17N3O3/c1-9(2)19-8-12(16)14-17-15(21-18-14)11-7-20-13-6-4-3-5-10(11)13/h3-7,9,12H,8,16H2,1-2H3. The molecule has 110 valence electrons. The summed E-state index contributed by atoms with van der Waals surface area (Å²) in [7, 11) is 0. The molecule has 21 heavy (non-hydrogen) atoms. The maximum absolute atomic E-state index is 5.99. The summed E-state index contributed by atoms with van der Waals surface area (Å²) < 4.78 is 16.2. The number of ether oxygens (including phenoxy) is 1. The summed E-state index contributed by atoms with van der Waals surface area (Å²) >= 11 is 0. The van der Waals surface area contributed by atoms with Crippen molar-refractivity contribution >= 4 is 11.0 Å². The van der Waals surface area contributed by atoms with Crippen LogP contribution in [0.3, 0.4) is 0 Å². The second-order valence-corrected chi connectivity index (χ2v) is 5.09. The summed E-state index contributed by atoms with van der Waals surface area (Å²) in [6, 6.07) is 7.26. The first kappa shape index (κ1) is 13.8. The number of fused-ring (bicyclic) bond motifs is 1. The fourth-order valence-corrected chi connectivity index (χ4v) is 2.01. The monoisotopic (exact) mass is 287 g/mol. The van der Waals surface area contributed by atoms with E-state index >= 15 is 0 Å². The van der Waals surface area contributed by atoms with E-state index in [1.165, 1.54) is 0 Å². The van der Waals surface area contributed by atoms with Crippen molar-refractivity contribution in [3.05, 3.63) is 36.4 Å². The third-order valence-electron chi connectivity index (χ3n) is 3.09. The maximum Gasteiger partial charge on any atom is 0.261 e. The lowest BCUT2D eigenvalue weighted by molar-refractivity contribution is 0.0665. The zero-order chi connectivity index (χ0) is 14.8. The second kappa shape index (κ2) is 5.67. The Morgan fingerprint density at radius 1 is 1.29 bits per heavy atom. The molecular weight excluding hydrogens is 270 g/mol. The number of furan rings is 1. The van der Waals surface area contributed by atoms with Gasteiger partial charge in [-0.15, -0.1) is 0 Å². The van der Waals surface area contributed by atoms with E-state index in [1.54, 1.807) is 6.26 Å². The zero-order valence-corrected chi connectivity index (χ0v) is 11.9. The van der Waals surface area contributed by atoms with Crippen molar-refractivity contribution in [2.75, 3.05) is 6.61 Å². The molecule has 0 aliphatic rings. The van der Waals surface area contributed by atoms with Gasteiger partial charge < -0.3 is 19.4 Å². The van der Waals surface area contributed by atoms with Crippen LogP contribution in [0.4, 0.5) is 0 Å². The number of hydrogen-bond acceptors (Lipinski definition) is 6. The minimum Gasteiger partial charge on any atom is -0.463 e. The highest BCUT2D eigenvalue weighted by atomic mass is 16.5. The Morgan fingerprint density at radius 2 is 2.10 bits per heavy atom. The lowest BCUT2D eigenvalue weighted by atomic mass is 10.2. The fourth-order valence-electron chi connectivity index (χ4n) is 2.01. The van der Waals surface area contributed by atoms with Crippen molar-refractivity contribution in [1.82, 2.24) is 10.1 Å². The Labute approximate surface area is 121 Å². The molecule has 6 nitrogen and oxygen atoms in total. The van der Waals surface area contributed by atoms with Gasteiger partial charge in [0.25, 0.3) is 5.89 Å². The topological polar surface area (TPSA) is 87.3 Å². The van der Waals surface area contributed by atoms with E-state index in [2.05, 4.69) is 10.1 Å². The highest BCUT2D eigenvalue weighted by Crippen LogP contribution is 2.29. The molecule has 2 aromatic heterocycles. The summed E-state index contributed by atoms with van der Waals surface area (Å²) in [6.07, 6.45) is 1.72. The van der Waals surface area contributed by atoms with Crippen molar-refractivity contribution < 1.29 is 13.7 Å². The van der Waals surface area contributed by atoms with Crippen molar-refractivity contribution in [2.24, 2.45) is 5.73 Å². The van der Waals surface area contributed by atoms with E-state index in [0.29, 0.717) is 18.3 Å². The predicted molar refractivity (Wildman–Crippen MR) is 77.5 cm³/mol. The molecule has 0 bridgehead atoms. The van der Waals surface area contributed by atoms with Crippen LogP contribution in [-0.2, 0) is 4.74 Å². The Kier molecular flexibility index (Phi) is 3.72. The highest BCUT2D eigenvalue weighted by molar-refractivity contribution is 5.91. The molecule has 0 spiro atoms. The molecule has 0 saturated heterocycles. The quantitative estimate of drug-likeness (QED) is 0.776. The first-order valence-corrected chi connectivity index (χ1v) is 6.82. The fraction of sp³-hybridized carbons (Fsp3) is 0.333. The van der Waals surface area contributed by atoms with E-state index < -0.39 is 6.04 Å². The number of para-hydroxylation sites is 1. The van der Waals surface area contributed by atoms with Gasteiger partial charge in [0.15, 0.2) is 5.82 Å². The van der Waals surface area contributed by atoms with Crippen LogP contribution >= 0.6 is 0 Å². The van der Waals surface area contributed by atoms with Crippen LogP contribution in [0.5, 0.6) is 0 Å². The van der Waals surface area contributed by atoms with Gasteiger partial charge >= 0.3 is 0 Å². The third-order valence-corrected chi connectivity index (χ3v) is 3.09. The normalized spacial score (nSPS) is 13.1. The molecule has 1 atom stereocenters.